The van der Waals surface area contributed by atoms with Gasteiger partial charge in [0.05, 0.1) is 0 Å². The van der Waals surface area contributed by atoms with Gasteiger partial charge in [-0.25, -0.2) is 0 Å². The molecule has 2 atom stereocenters. The summed E-state index contributed by atoms with van der Waals surface area (Å²) in [5.41, 5.74) is 1.10. The lowest BCUT2D eigenvalue weighted by Crippen LogP contribution is -2.14. The van der Waals surface area contributed by atoms with Gasteiger partial charge in [-0.1, -0.05) is 44.2 Å². The van der Waals surface area contributed by atoms with Crippen molar-refractivity contribution < 1.29 is 9.53 Å². The molecule has 0 radical (unpaired) electrons. The Balaban J connectivity index is 2.03. The average molecular weight is 190 g/mol. The van der Waals surface area contributed by atoms with Crippen molar-refractivity contribution in [1.82, 2.24) is 0 Å². The first kappa shape index (κ1) is 9.41. The molecule has 1 heterocycles. The molecule has 2 rings (SSSR count). The monoisotopic (exact) mass is 190 g/mol. The number of hydrogen-bond donors (Lipinski definition) is 0. The fourth-order valence-electron chi connectivity index (χ4n) is 1.55. The van der Waals surface area contributed by atoms with E-state index in [-0.39, 0.29) is 23.9 Å². The Labute approximate surface area is 83.9 Å². The third-order valence-corrected chi connectivity index (χ3v) is 2.47. The molecule has 1 fully saturated rings. The molecule has 2 heteroatoms. The van der Waals surface area contributed by atoms with Crippen LogP contribution in [0.2, 0.25) is 0 Å². The molecule has 2 nitrogen and oxygen atoms in total. The molecule has 1 aromatic rings. The summed E-state index contributed by atoms with van der Waals surface area (Å²) in [6.07, 6.45) is -0.191. The highest BCUT2D eigenvalue weighted by Crippen LogP contribution is 2.40. The quantitative estimate of drug-likeness (QED) is 0.685. The summed E-state index contributed by atoms with van der Waals surface area (Å²) in [4.78, 5) is 11.6. The minimum absolute atomic E-state index is 0.00565. The largest absolute Gasteiger partial charge is 0.356 e. The normalized spacial score (nSPS) is 25.1. The van der Waals surface area contributed by atoms with Crippen molar-refractivity contribution in [2.75, 3.05) is 0 Å². The van der Waals surface area contributed by atoms with Crippen LogP contribution in [-0.2, 0) is 9.53 Å². The van der Waals surface area contributed by atoms with Gasteiger partial charge in [0.2, 0.25) is 0 Å². The van der Waals surface area contributed by atoms with Crippen molar-refractivity contribution in [1.29, 1.82) is 0 Å². The Morgan fingerprint density at radius 1 is 1.29 bits per heavy atom. The fourth-order valence-corrected chi connectivity index (χ4v) is 1.55. The highest BCUT2D eigenvalue weighted by Gasteiger charge is 2.46. The maximum Gasteiger partial charge on any atom is 0.167 e. The van der Waals surface area contributed by atoms with Crippen molar-refractivity contribution in [2.24, 2.45) is 5.92 Å². The third-order valence-electron chi connectivity index (χ3n) is 2.47. The van der Waals surface area contributed by atoms with E-state index in [0.717, 1.165) is 5.56 Å². The van der Waals surface area contributed by atoms with Crippen LogP contribution in [0.5, 0.6) is 0 Å². The average Bonchev–Trinajstić information content (AvgIpc) is 2.97. The lowest BCUT2D eigenvalue weighted by molar-refractivity contribution is -0.123. The van der Waals surface area contributed by atoms with E-state index in [4.69, 9.17) is 4.74 Å². The first-order valence-corrected chi connectivity index (χ1v) is 4.94. The van der Waals surface area contributed by atoms with Gasteiger partial charge in [0.25, 0.3) is 0 Å². The van der Waals surface area contributed by atoms with Gasteiger partial charge in [-0.2, -0.15) is 0 Å². The molecule has 1 aromatic carbocycles. The zero-order valence-corrected chi connectivity index (χ0v) is 8.44. The number of epoxide rings is 1. The third kappa shape index (κ3) is 1.70. The number of hydrogen-bond acceptors (Lipinski definition) is 2. The molecule has 74 valence electrons. The van der Waals surface area contributed by atoms with Crippen molar-refractivity contribution in [3.05, 3.63) is 35.9 Å². The predicted octanol–water partition coefficient (Wildman–Crippen LogP) is 2.35. The molecule has 0 amide bonds. The SMILES string of the molecule is CC(C)C(=O)[C@@H]1O[C@@H]1c1ccccc1. The lowest BCUT2D eigenvalue weighted by Gasteiger charge is -1.98. The van der Waals surface area contributed by atoms with Crippen LogP contribution >= 0.6 is 0 Å². The zero-order chi connectivity index (χ0) is 10.1. The molecule has 1 aliphatic heterocycles. The van der Waals surface area contributed by atoms with Crippen LogP contribution in [0.15, 0.2) is 30.3 Å². The first-order valence-electron chi connectivity index (χ1n) is 4.94. The Bertz CT molecular complexity index is 329. The second kappa shape index (κ2) is 3.54. The van der Waals surface area contributed by atoms with E-state index in [1.54, 1.807) is 0 Å². The van der Waals surface area contributed by atoms with Gasteiger partial charge in [0.1, 0.15) is 12.2 Å². The summed E-state index contributed by atoms with van der Waals surface area (Å²) < 4.78 is 5.38. The summed E-state index contributed by atoms with van der Waals surface area (Å²) in [5.74, 6) is 0.271. The van der Waals surface area contributed by atoms with Gasteiger partial charge < -0.3 is 4.74 Å². The first-order chi connectivity index (χ1) is 6.70. The van der Waals surface area contributed by atoms with Gasteiger partial charge in [-0.15, -0.1) is 0 Å². The molecule has 0 bridgehead atoms. The molecule has 0 saturated carbocycles. The van der Waals surface area contributed by atoms with E-state index in [0.29, 0.717) is 0 Å². The van der Waals surface area contributed by atoms with Crippen molar-refractivity contribution in [3.63, 3.8) is 0 Å². The minimum atomic E-state index is -0.197. The van der Waals surface area contributed by atoms with Gasteiger partial charge in [-0.05, 0) is 5.56 Å². The topological polar surface area (TPSA) is 29.6 Å². The fraction of sp³-hybridized carbons (Fsp3) is 0.417. The van der Waals surface area contributed by atoms with E-state index < -0.39 is 0 Å². The van der Waals surface area contributed by atoms with Crippen LogP contribution in [-0.4, -0.2) is 11.9 Å². The second-order valence-electron chi connectivity index (χ2n) is 3.95. The van der Waals surface area contributed by atoms with Crippen molar-refractivity contribution in [2.45, 2.75) is 26.1 Å². The van der Waals surface area contributed by atoms with Crippen molar-refractivity contribution in [3.8, 4) is 0 Å². The lowest BCUT2D eigenvalue weighted by atomic mass is 10.0. The number of ketones is 1. The molecular weight excluding hydrogens is 176 g/mol. The maximum absolute atomic E-state index is 11.6. The second-order valence-corrected chi connectivity index (χ2v) is 3.95. The Hall–Kier alpha value is -1.15. The van der Waals surface area contributed by atoms with Gasteiger partial charge in [0, 0.05) is 5.92 Å². The molecule has 0 aliphatic carbocycles. The van der Waals surface area contributed by atoms with E-state index in [9.17, 15) is 4.79 Å². The van der Waals surface area contributed by atoms with E-state index in [1.807, 2.05) is 44.2 Å². The maximum atomic E-state index is 11.6. The van der Waals surface area contributed by atoms with Gasteiger partial charge >= 0.3 is 0 Å². The molecule has 0 spiro atoms. The standard InChI is InChI=1S/C12H14O2/c1-8(2)10(13)12-11(14-12)9-6-4-3-5-7-9/h3-8,11-12H,1-2H3/t11-,12+/m1/s1. The number of rotatable bonds is 3. The van der Waals surface area contributed by atoms with Gasteiger partial charge in [-0.3, -0.25) is 4.79 Å². The van der Waals surface area contributed by atoms with Crippen LogP contribution < -0.4 is 0 Å². The molecule has 0 aromatic heterocycles. The zero-order valence-electron chi connectivity index (χ0n) is 8.44. The number of carbonyl (C=O) groups excluding carboxylic acids is 1. The number of benzene rings is 1. The molecular formula is C12H14O2. The Morgan fingerprint density at radius 2 is 1.93 bits per heavy atom. The molecule has 0 unspecified atom stereocenters. The van der Waals surface area contributed by atoms with E-state index in [2.05, 4.69) is 0 Å². The van der Waals surface area contributed by atoms with Gasteiger partial charge in [0.15, 0.2) is 5.78 Å². The Kier molecular flexibility index (Phi) is 2.38. The highest BCUT2D eigenvalue weighted by atomic mass is 16.6. The summed E-state index contributed by atoms with van der Waals surface area (Å²) in [7, 11) is 0. The molecule has 14 heavy (non-hydrogen) atoms. The van der Waals surface area contributed by atoms with Crippen LogP contribution in [0.3, 0.4) is 0 Å². The van der Waals surface area contributed by atoms with Crippen LogP contribution in [0, 0.1) is 5.92 Å². The summed E-state index contributed by atoms with van der Waals surface area (Å²) in [6, 6.07) is 9.89. The number of ether oxygens (including phenoxy) is 1. The minimum Gasteiger partial charge on any atom is -0.356 e. The molecule has 0 N–H and O–H groups in total. The summed E-state index contributed by atoms with van der Waals surface area (Å²) >= 11 is 0. The predicted molar refractivity (Wildman–Crippen MR) is 53.9 cm³/mol. The van der Waals surface area contributed by atoms with Crippen LogP contribution in [0.1, 0.15) is 25.5 Å². The smallest absolute Gasteiger partial charge is 0.167 e. The van der Waals surface area contributed by atoms with E-state index in [1.165, 1.54) is 0 Å². The van der Waals surface area contributed by atoms with E-state index >= 15 is 0 Å². The van der Waals surface area contributed by atoms with Crippen LogP contribution in [0.25, 0.3) is 0 Å². The molecule has 1 saturated heterocycles. The highest BCUT2D eigenvalue weighted by molar-refractivity contribution is 5.87. The Morgan fingerprint density at radius 3 is 2.50 bits per heavy atom. The molecule has 1 aliphatic rings. The summed E-state index contributed by atoms with van der Waals surface area (Å²) in [6.45, 7) is 3.82. The van der Waals surface area contributed by atoms with Crippen molar-refractivity contribution >= 4 is 5.78 Å². The van der Waals surface area contributed by atoms with Crippen LogP contribution in [0.4, 0.5) is 0 Å². The number of Topliss-reactive ketones (excluding diaryl/α,β-unsaturated/α-hetero) is 1. The summed E-state index contributed by atoms with van der Waals surface area (Å²) in [5, 5.41) is 0. The number of carbonyl (C=O) groups is 1.